The van der Waals surface area contributed by atoms with Gasteiger partial charge >= 0.3 is 5.51 Å². The van der Waals surface area contributed by atoms with Crippen molar-refractivity contribution < 1.29 is 22.4 Å². The van der Waals surface area contributed by atoms with E-state index in [1.807, 2.05) is 0 Å². The lowest BCUT2D eigenvalue weighted by Gasteiger charge is -2.06. The molecule has 0 atom stereocenters. The van der Waals surface area contributed by atoms with Crippen molar-refractivity contribution in [1.29, 1.82) is 0 Å². The van der Waals surface area contributed by atoms with Gasteiger partial charge in [0, 0.05) is 11.3 Å². The number of hydrogen-bond donors (Lipinski definition) is 2. The van der Waals surface area contributed by atoms with Crippen molar-refractivity contribution in [3.8, 4) is 11.4 Å². The fourth-order valence-electron chi connectivity index (χ4n) is 2.20. The summed E-state index contributed by atoms with van der Waals surface area (Å²) in [5.74, 6) is -1.43. The Bertz CT molecular complexity index is 923. The highest BCUT2D eigenvalue weighted by Crippen LogP contribution is 2.30. The molecule has 0 fully saturated rings. The number of nitrogens with zero attached hydrogens (tertiary/aromatic N) is 1. The normalized spacial score (nSPS) is 11.7. The molecule has 0 unspecified atom stereocenters. The Morgan fingerprint density at radius 2 is 2.00 bits per heavy atom. The molecule has 1 aromatic heterocycles. The molecule has 2 N–H and O–H groups in total. The van der Waals surface area contributed by atoms with Crippen LogP contribution in [0.25, 0.3) is 22.4 Å². The van der Waals surface area contributed by atoms with Gasteiger partial charge in [-0.2, -0.15) is 13.2 Å². The topological polar surface area (TPSA) is 57.8 Å². The molecule has 130 valence electrons. The van der Waals surface area contributed by atoms with Crippen LogP contribution in [0, 0.1) is 5.82 Å². The van der Waals surface area contributed by atoms with Crippen LogP contribution in [-0.4, -0.2) is 27.1 Å². The van der Waals surface area contributed by atoms with Crippen LogP contribution in [0.2, 0.25) is 0 Å². The third kappa shape index (κ3) is 4.50. The van der Waals surface area contributed by atoms with E-state index in [4.69, 9.17) is 0 Å². The van der Waals surface area contributed by atoms with Crippen LogP contribution in [0.15, 0.2) is 42.5 Å². The SMILES string of the molecule is O=C(CSC(F)(F)F)Nc1ccc2nc(-c3cccc(F)c3)[nH]c2c1. The number of benzene rings is 2. The largest absolute Gasteiger partial charge is 0.442 e. The minimum atomic E-state index is -4.45. The molecule has 0 bridgehead atoms. The van der Waals surface area contributed by atoms with Crippen molar-refractivity contribution in [2.45, 2.75) is 5.51 Å². The smallest absolute Gasteiger partial charge is 0.338 e. The quantitative estimate of drug-likeness (QED) is 0.663. The van der Waals surface area contributed by atoms with Gasteiger partial charge in [0.1, 0.15) is 11.6 Å². The van der Waals surface area contributed by atoms with Gasteiger partial charge in [-0.1, -0.05) is 12.1 Å². The minimum Gasteiger partial charge on any atom is -0.338 e. The summed E-state index contributed by atoms with van der Waals surface area (Å²) >= 11 is -0.400. The van der Waals surface area contributed by atoms with Gasteiger partial charge in [0.05, 0.1) is 16.8 Å². The highest BCUT2D eigenvalue weighted by molar-refractivity contribution is 8.00. The van der Waals surface area contributed by atoms with E-state index in [1.165, 1.54) is 18.2 Å². The Morgan fingerprint density at radius 3 is 2.72 bits per heavy atom. The number of imidazole rings is 1. The van der Waals surface area contributed by atoms with Crippen LogP contribution in [0.1, 0.15) is 0 Å². The lowest BCUT2D eigenvalue weighted by atomic mass is 10.2. The van der Waals surface area contributed by atoms with Gasteiger partial charge in [-0.05, 0) is 42.1 Å². The van der Waals surface area contributed by atoms with Gasteiger partial charge in [-0.25, -0.2) is 9.37 Å². The van der Waals surface area contributed by atoms with Crippen LogP contribution in [0.4, 0.5) is 23.2 Å². The lowest BCUT2D eigenvalue weighted by molar-refractivity contribution is -0.114. The molecule has 3 rings (SSSR count). The number of rotatable bonds is 4. The summed E-state index contributed by atoms with van der Waals surface area (Å²) in [4.78, 5) is 18.9. The molecular formula is C16H11F4N3OS. The maximum atomic E-state index is 13.3. The van der Waals surface area contributed by atoms with E-state index in [9.17, 15) is 22.4 Å². The highest BCUT2D eigenvalue weighted by atomic mass is 32.2. The van der Waals surface area contributed by atoms with E-state index in [2.05, 4.69) is 15.3 Å². The van der Waals surface area contributed by atoms with Crippen molar-refractivity contribution in [3.05, 3.63) is 48.3 Å². The number of halogens is 4. The summed E-state index contributed by atoms with van der Waals surface area (Å²) in [6, 6.07) is 10.6. The molecule has 0 saturated carbocycles. The molecule has 9 heteroatoms. The second-order valence-corrected chi connectivity index (χ2v) is 6.15. The first-order valence-corrected chi connectivity index (χ1v) is 8.05. The second kappa shape index (κ2) is 6.75. The van der Waals surface area contributed by atoms with Gasteiger partial charge in [-0.15, -0.1) is 0 Å². The van der Waals surface area contributed by atoms with E-state index < -0.39 is 34.7 Å². The Kier molecular flexibility index (Phi) is 4.67. The third-order valence-corrected chi connectivity index (χ3v) is 3.96. The Balaban J connectivity index is 1.77. The number of thioether (sulfide) groups is 1. The summed E-state index contributed by atoms with van der Waals surface area (Å²) in [5, 5.41) is 2.40. The number of anilines is 1. The number of hydrogen-bond acceptors (Lipinski definition) is 3. The number of carbonyl (C=O) groups is 1. The summed E-state index contributed by atoms with van der Waals surface area (Å²) in [6.45, 7) is 0. The van der Waals surface area contributed by atoms with E-state index >= 15 is 0 Å². The monoisotopic (exact) mass is 369 g/mol. The van der Waals surface area contributed by atoms with Crippen LogP contribution >= 0.6 is 11.8 Å². The molecule has 0 aliphatic heterocycles. The molecule has 1 amide bonds. The number of aromatic amines is 1. The Morgan fingerprint density at radius 1 is 1.20 bits per heavy atom. The molecule has 0 saturated heterocycles. The van der Waals surface area contributed by atoms with E-state index in [-0.39, 0.29) is 0 Å². The van der Waals surface area contributed by atoms with Crippen molar-refractivity contribution >= 4 is 34.4 Å². The van der Waals surface area contributed by atoms with Crippen LogP contribution in [-0.2, 0) is 4.79 Å². The number of nitrogens with one attached hydrogen (secondary N) is 2. The molecule has 1 heterocycles. The molecule has 4 nitrogen and oxygen atoms in total. The molecule has 2 aromatic carbocycles. The summed E-state index contributed by atoms with van der Waals surface area (Å²) in [5.41, 5.74) is -2.40. The first kappa shape index (κ1) is 17.3. The fourth-order valence-corrected chi connectivity index (χ4v) is 2.57. The van der Waals surface area contributed by atoms with Gasteiger partial charge in [0.2, 0.25) is 5.91 Å². The molecule has 0 radical (unpaired) electrons. The van der Waals surface area contributed by atoms with Crippen LogP contribution in [0.5, 0.6) is 0 Å². The van der Waals surface area contributed by atoms with Crippen molar-refractivity contribution in [2.24, 2.45) is 0 Å². The molecule has 25 heavy (non-hydrogen) atoms. The van der Waals surface area contributed by atoms with Gasteiger partial charge < -0.3 is 10.3 Å². The average Bonchev–Trinajstić information content (AvgIpc) is 2.96. The Hall–Kier alpha value is -2.55. The lowest BCUT2D eigenvalue weighted by Crippen LogP contribution is -2.17. The summed E-state index contributed by atoms with van der Waals surface area (Å²) in [7, 11) is 0. The number of alkyl halides is 3. The fraction of sp³-hybridized carbons (Fsp3) is 0.125. The minimum absolute atomic E-state index is 0.342. The average molecular weight is 369 g/mol. The van der Waals surface area contributed by atoms with E-state index in [1.54, 1.807) is 24.3 Å². The number of aromatic nitrogens is 2. The zero-order valence-corrected chi connectivity index (χ0v) is 13.3. The third-order valence-electron chi connectivity index (χ3n) is 3.23. The maximum Gasteiger partial charge on any atom is 0.442 e. The zero-order valence-electron chi connectivity index (χ0n) is 12.5. The van der Waals surface area contributed by atoms with Crippen molar-refractivity contribution in [3.63, 3.8) is 0 Å². The molecule has 0 spiro atoms. The standard InChI is InChI=1S/C16H11F4N3OS/c17-10-3-1-2-9(6-10)15-22-12-5-4-11(7-13(12)23-15)21-14(24)8-25-16(18,19)20/h1-7H,8H2,(H,21,24)(H,22,23). The summed E-state index contributed by atoms with van der Waals surface area (Å²) in [6.07, 6.45) is 0. The maximum absolute atomic E-state index is 13.3. The van der Waals surface area contributed by atoms with Gasteiger partial charge in [-0.3, -0.25) is 4.79 Å². The number of amides is 1. The molecule has 0 aliphatic rings. The van der Waals surface area contributed by atoms with Gasteiger partial charge in [0.25, 0.3) is 0 Å². The number of fused-ring (bicyclic) bond motifs is 1. The first-order valence-electron chi connectivity index (χ1n) is 7.06. The molecule has 3 aromatic rings. The van der Waals surface area contributed by atoms with E-state index in [0.717, 1.165) is 0 Å². The number of H-pyrrole nitrogens is 1. The predicted molar refractivity (Wildman–Crippen MR) is 88.6 cm³/mol. The summed E-state index contributed by atoms with van der Waals surface area (Å²) < 4.78 is 49.6. The van der Waals surface area contributed by atoms with Gasteiger partial charge in [0.15, 0.2) is 0 Å². The van der Waals surface area contributed by atoms with Crippen LogP contribution in [0.3, 0.4) is 0 Å². The van der Waals surface area contributed by atoms with E-state index in [0.29, 0.717) is 28.1 Å². The van der Waals surface area contributed by atoms with Crippen molar-refractivity contribution in [2.75, 3.05) is 11.1 Å². The Labute approximate surface area is 143 Å². The predicted octanol–water partition coefficient (Wildman–Crippen LogP) is 4.56. The second-order valence-electron chi connectivity index (χ2n) is 5.11. The van der Waals surface area contributed by atoms with Crippen LogP contribution < -0.4 is 5.32 Å². The highest BCUT2D eigenvalue weighted by Gasteiger charge is 2.29. The van der Waals surface area contributed by atoms with Crippen molar-refractivity contribution in [1.82, 2.24) is 9.97 Å². The zero-order chi connectivity index (χ0) is 18.0. The molecular weight excluding hydrogens is 358 g/mol. The number of carbonyl (C=O) groups excluding carboxylic acids is 1. The first-order chi connectivity index (χ1) is 11.8. The molecule has 0 aliphatic carbocycles.